The maximum absolute atomic E-state index is 12.4. The SMILES string of the molecule is CC(C)[C@H](N)C(=O)NCC(=O)NCC1CCN(C(=O)c2ccccc2)CC1. The number of carbonyl (C=O) groups excluding carboxylic acids is 3. The van der Waals surface area contributed by atoms with Gasteiger partial charge in [-0.1, -0.05) is 32.0 Å². The number of likely N-dealkylation sites (tertiary alicyclic amines) is 1. The van der Waals surface area contributed by atoms with Crippen LogP contribution in [0.2, 0.25) is 0 Å². The van der Waals surface area contributed by atoms with E-state index in [1.165, 1.54) is 0 Å². The van der Waals surface area contributed by atoms with E-state index in [2.05, 4.69) is 10.6 Å². The van der Waals surface area contributed by atoms with Crippen molar-refractivity contribution in [3.8, 4) is 0 Å². The van der Waals surface area contributed by atoms with E-state index in [4.69, 9.17) is 5.73 Å². The van der Waals surface area contributed by atoms with E-state index < -0.39 is 6.04 Å². The van der Waals surface area contributed by atoms with Crippen LogP contribution in [0, 0.1) is 11.8 Å². The second-order valence-corrected chi connectivity index (χ2v) is 7.39. The Morgan fingerprint density at radius 2 is 1.74 bits per heavy atom. The molecule has 1 aliphatic rings. The standard InChI is InChI=1S/C20H30N4O3/c1-14(2)18(21)19(26)23-13-17(25)22-12-15-8-10-24(11-9-15)20(27)16-6-4-3-5-7-16/h3-7,14-15,18H,8-13,21H2,1-2H3,(H,22,25)(H,23,26)/t18-/m0/s1. The van der Waals surface area contributed by atoms with Crippen molar-refractivity contribution in [1.82, 2.24) is 15.5 Å². The van der Waals surface area contributed by atoms with Crippen LogP contribution < -0.4 is 16.4 Å². The van der Waals surface area contributed by atoms with Gasteiger partial charge in [-0.25, -0.2) is 0 Å². The fourth-order valence-corrected chi connectivity index (χ4v) is 3.01. The van der Waals surface area contributed by atoms with E-state index in [0.29, 0.717) is 31.1 Å². The van der Waals surface area contributed by atoms with Gasteiger partial charge in [-0.05, 0) is 36.8 Å². The molecule has 4 N–H and O–H groups in total. The molecule has 27 heavy (non-hydrogen) atoms. The van der Waals surface area contributed by atoms with Crippen molar-refractivity contribution in [2.75, 3.05) is 26.2 Å². The number of piperidine rings is 1. The quantitative estimate of drug-likeness (QED) is 0.655. The van der Waals surface area contributed by atoms with Crippen molar-refractivity contribution in [1.29, 1.82) is 0 Å². The summed E-state index contributed by atoms with van der Waals surface area (Å²) in [5.41, 5.74) is 6.45. The summed E-state index contributed by atoms with van der Waals surface area (Å²) < 4.78 is 0. The largest absolute Gasteiger partial charge is 0.354 e. The van der Waals surface area contributed by atoms with Crippen LogP contribution in [0.5, 0.6) is 0 Å². The van der Waals surface area contributed by atoms with Gasteiger partial charge < -0.3 is 21.3 Å². The average molecular weight is 374 g/mol. The number of nitrogens with zero attached hydrogens (tertiary/aromatic N) is 1. The lowest BCUT2D eigenvalue weighted by Crippen LogP contribution is -2.48. The van der Waals surface area contributed by atoms with E-state index in [9.17, 15) is 14.4 Å². The molecule has 0 aliphatic carbocycles. The van der Waals surface area contributed by atoms with Crippen LogP contribution in [0.25, 0.3) is 0 Å². The molecule has 1 atom stereocenters. The van der Waals surface area contributed by atoms with Gasteiger partial charge in [-0.3, -0.25) is 14.4 Å². The van der Waals surface area contributed by atoms with Crippen LogP contribution in [0.1, 0.15) is 37.0 Å². The molecule has 1 fully saturated rings. The molecule has 2 rings (SSSR count). The van der Waals surface area contributed by atoms with Crippen LogP contribution in [0.15, 0.2) is 30.3 Å². The molecule has 1 aromatic carbocycles. The number of hydrogen-bond donors (Lipinski definition) is 3. The third-order valence-electron chi connectivity index (χ3n) is 4.95. The third-order valence-corrected chi connectivity index (χ3v) is 4.95. The molecule has 1 heterocycles. The molecule has 1 aliphatic heterocycles. The molecule has 1 aromatic rings. The molecule has 0 bridgehead atoms. The summed E-state index contributed by atoms with van der Waals surface area (Å²) in [6.45, 7) is 5.59. The molecule has 0 unspecified atom stereocenters. The highest BCUT2D eigenvalue weighted by Gasteiger charge is 2.24. The van der Waals surface area contributed by atoms with Crippen LogP contribution in [0.3, 0.4) is 0 Å². The van der Waals surface area contributed by atoms with Crippen LogP contribution in [-0.2, 0) is 9.59 Å². The predicted molar refractivity (Wildman–Crippen MR) is 104 cm³/mol. The first kappa shape index (κ1) is 20.9. The molecular weight excluding hydrogens is 344 g/mol. The summed E-state index contributed by atoms with van der Waals surface area (Å²) in [5.74, 6) is -0.114. The molecule has 1 saturated heterocycles. The monoisotopic (exact) mass is 374 g/mol. The van der Waals surface area contributed by atoms with Gasteiger partial charge in [-0.15, -0.1) is 0 Å². The normalized spacial score (nSPS) is 16.1. The highest BCUT2D eigenvalue weighted by Crippen LogP contribution is 2.18. The molecule has 3 amide bonds. The summed E-state index contributed by atoms with van der Waals surface area (Å²) in [6.07, 6.45) is 1.70. The van der Waals surface area contributed by atoms with Gasteiger partial charge >= 0.3 is 0 Å². The maximum atomic E-state index is 12.4. The topological polar surface area (TPSA) is 105 Å². The molecular formula is C20H30N4O3. The molecule has 0 saturated carbocycles. The lowest BCUT2D eigenvalue weighted by atomic mass is 9.96. The first-order valence-electron chi connectivity index (χ1n) is 9.52. The van der Waals surface area contributed by atoms with Crippen molar-refractivity contribution >= 4 is 17.7 Å². The minimum atomic E-state index is -0.607. The number of carbonyl (C=O) groups is 3. The Labute approximate surface area is 160 Å². The zero-order chi connectivity index (χ0) is 19.8. The Hall–Kier alpha value is -2.41. The van der Waals surface area contributed by atoms with Gasteiger partial charge in [0.15, 0.2) is 0 Å². The Morgan fingerprint density at radius 1 is 1.11 bits per heavy atom. The average Bonchev–Trinajstić information content (AvgIpc) is 2.70. The maximum Gasteiger partial charge on any atom is 0.253 e. The molecule has 148 valence electrons. The van der Waals surface area contributed by atoms with E-state index in [1.54, 1.807) is 0 Å². The summed E-state index contributed by atoms with van der Waals surface area (Å²) in [6, 6.07) is 8.67. The number of nitrogens with one attached hydrogen (secondary N) is 2. The van der Waals surface area contributed by atoms with Gasteiger partial charge in [0, 0.05) is 25.2 Å². The number of benzene rings is 1. The van der Waals surface area contributed by atoms with E-state index >= 15 is 0 Å². The Morgan fingerprint density at radius 3 is 2.33 bits per heavy atom. The number of hydrogen-bond acceptors (Lipinski definition) is 4. The smallest absolute Gasteiger partial charge is 0.253 e. The zero-order valence-corrected chi connectivity index (χ0v) is 16.1. The Balaban J connectivity index is 1.66. The summed E-state index contributed by atoms with van der Waals surface area (Å²) in [7, 11) is 0. The van der Waals surface area contributed by atoms with E-state index in [0.717, 1.165) is 12.8 Å². The summed E-state index contributed by atoms with van der Waals surface area (Å²) >= 11 is 0. The number of nitrogens with two attached hydrogens (primary N) is 1. The molecule has 0 radical (unpaired) electrons. The lowest BCUT2D eigenvalue weighted by molar-refractivity contribution is -0.127. The zero-order valence-electron chi connectivity index (χ0n) is 16.1. The Kier molecular flexibility index (Phi) is 7.79. The van der Waals surface area contributed by atoms with Crippen LogP contribution in [0.4, 0.5) is 0 Å². The fourth-order valence-electron chi connectivity index (χ4n) is 3.01. The second-order valence-electron chi connectivity index (χ2n) is 7.39. The molecule has 0 aromatic heterocycles. The number of rotatable bonds is 7. The highest BCUT2D eigenvalue weighted by molar-refractivity contribution is 5.94. The summed E-state index contributed by atoms with van der Waals surface area (Å²) in [4.78, 5) is 38.0. The fraction of sp³-hybridized carbons (Fsp3) is 0.550. The van der Waals surface area contributed by atoms with Gasteiger partial charge in [0.05, 0.1) is 12.6 Å². The lowest BCUT2D eigenvalue weighted by Gasteiger charge is -2.32. The third kappa shape index (κ3) is 6.36. The van der Waals surface area contributed by atoms with Crippen molar-refractivity contribution in [3.63, 3.8) is 0 Å². The van der Waals surface area contributed by atoms with Crippen molar-refractivity contribution in [2.24, 2.45) is 17.6 Å². The van der Waals surface area contributed by atoms with E-state index in [1.807, 2.05) is 49.1 Å². The molecule has 0 spiro atoms. The summed E-state index contributed by atoms with van der Waals surface area (Å²) in [5, 5.41) is 5.42. The van der Waals surface area contributed by atoms with E-state index in [-0.39, 0.29) is 30.2 Å². The number of amides is 3. The minimum Gasteiger partial charge on any atom is -0.354 e. The second kappa shape index (κ2) is 10.1. The van der Waals surface area contributed by atoms with Crippen molar-refractivity contribution in [3.05, 3.63) is 35.9 Å². The first-order valence-corrected chi connectivity index (χ1v) is 9.52. The minimum absolute atomic E-state index is 0.0249. The molecule has 7 nitrogen and oxygen atoms in total. The van der Waals surface area contributed by atoms with Gasteiger partial charge in [0.1, 0.15) is 0 Å². The van der Waals surface area contributed by atoms with Gasteiger partial charge in [0.2, 0.25) is 11.8 Å². The van der Waals surface area contributed by atoms with Gasteiger partial charge in [0.25, 0.3) is 5.91 Å². The predicted octanol–water partition coefficient (Wildman–Crippen LogP) is 0.755. The van der Waals surface area contributed by atoms with Crippen molar-refractivity contribution < 1.29 is 14.4 Å². The van der Waals surface area contributed by atoms with Crippen LogP contribution >= 0.6 is 0 Å². The first-order chi connectivity index (χ1) is 12.9. The molecule has 7 heteroatoms. The highest BCUT2D eigenvalue weighted by atomic mass is 16.2. The van der Waals surface area contributed by atoms with Gasteiger partial charge in [-0.2, -0.15) is 0 Å². The van der Waals surface area contributed by atoms with Crippen molar-refractivity contribution in [2.45, 2.75) is 32.7 Å². The van der Waals surface area contributed by atoms with Crippen LogP contribution in [-0.4, -0.2) is 54.8 Å². The Bertz CT molecular complexity index is 640.